The number of hydrogen-bond donors (Lipinski definition) is 3. The average molecular weight is 473 g/mol. The van der Waals surface area contributed by atoms with Gasteiger partial charge in [0.05, 0.1) is 6.61 Å². The summed E-state index contributed by atoms with van der Waals surface area (Å²) in [7, 11) is -3.66. The molecule has 16 heteroatoms. The third kappa shape index (κ3) is 4.94. The van der Waals surface area contributed by atoms with Gasteiger partial charge >= 0.3 is 39.9 Å². The van der Waals surface area contributed by atoms with Gasteiger partial charge in [-0.25, -0.2) is 9.29 Å². The maximum atomic E-state index is 12.7. The molecule has 3 atom stereocenters. The van der Waals surface area contributed by atoms with Crippen LogP contribution >= 0.6 is 11.3 Å². The molecule has 0 saturated carbocycles. The van der Waals surface area contributed by atoms with Crippen LogP contribution in [-0.4, -0.2) is 107 Å². The van der Waals surface area contributed by atoms with Gasteiger partial charge < -0.3 is 25.4 Å². The van der Waals surface area contributed by atoms with Crippen molar-refractivity contribution in [2.24, 2.45) is 5.16 Å². The molecule has 0 bridgehead atoms. The summed E-state index contributed by atoms with van der Waals surface area (Å²) in [4.78, 5) is 33.6. The van der Waals surface area contributed by atoms with E-state index in [0.29, 0.717) is 0 Å². The Bertz CT molecular complexity index is 965. The van der Waals surface area contributed by atoms with Crippen LogP contribution in [0.4, 0.5) is 5.13 Å². The van der Waals surface area contributed by atoms with E-state index < -0.39 is 46.1 Å². The number of carbonyl (C=O) groups excluding carboxylic acids is 2. The number of nitrogen functional groups attached to an aromatic ring is 1. The zero-order valence-electron chi connectivity index (χ0n) is 15.6. The molecule has 0 spiro atoms. The second kappa shape index (κ2) is 9.04. The number of thiazole rings is 1. The number of oxime groups is 1. The van der Waals surface area contributed by atoms with Crippen molar-refractivity contribution in [1.29, 1.82) is 0 Å². The topological polar surface area (TPSA) is 183 Å². The number of hydrogen-bond acceptors (Lipinski definition) is 11. The fraction of sp³-hybridized carbons (Fsp3) is 0.571. The van der Waals surface area contributed by atoms with Crippen molar-refractivity contribution in [3.05, 3.63) is 11.1 Å². The summed E-state index contributed by atoms with van der Waals surface area (Å²) < 4.78 is 43.9. The van der Waals surface area contributed by atoms with Crippen molar-refractivity contribution in [3.63, 3.8) is 0 Å². The summed E-state index contributed by atoms with van der Waals surface area (Å²) in [5, 5.41) is 7.64. The number of β-lactam (4-membered cyclic amide) rings is 1. The quantitative estimate of drug-likeness (QED) is 0.138. The maximum absolute atomic E-state index is 12.7. The fourth-order valence-corrected chi connectivity index (χ4v) is 4.50. The molecule has 1 aromatic heterocycles. The van der Waals surface area contributed by atoms with Crippen molar-refractivity contribution >= 4 is 73.9 Å². The SMILES string of the molecule is CO/N=C(\C(=O)N[C@@H]1C(=O)N(S(=O)(=O)O)[C@@H]1C1COC(C)(C)O1)c1csc(N)n1.[NaH]. The molecular formula is C14H20N5NaO8S2. The van der Waals surface area contributed by atoms with Crippen LogP contribution in [0.1, 0.15) is 19.5 Å². The molecule has 30 heavy (non-hydrogen) atoms. The Morgan fingerprint density at radius 1 is 1.53 bits per heavy atom. The predicted molar refractivity (Wildman–Crippen MR) is 106 cm³/mol. The van der Waals surface area contributed by atoms with Crippen molar-refractivity contribution in [3.8, 4) is 0 Å². The van der Waals surface area contributed by atoms with Crippen LogP contribution in [0.2, 0.25) is 0 Å². The Morgan fingerprint density at radius 3 is 2.67 bits per heavy atom. The summed E-state index contributed by atoms with van der Waals surface area (Å²) in [5.41, 5.74) is 5.42. The van der Waals surface area contributed by atoms with E-state index >= 15 is 0 Å². The molecule has 2 saturated heterocycles. The van der Waals surface area contributed by atoms with Crippen LogP contribution in [0.3, 0.4) is 0 Å². The molecule has 2 aliphatic rings. The second-order valence-corrected chi connectivity index (χ2v) is 8.79. The first-order valence-corrected chi connectivity index (χ1v) is 10.5. The van der Waals surface area contributed by atoms with Crippen LogP contribution in [0.15, 0.2) is 10.5 Å². The summed E-state index contributed by atoms with van der Waals surface area (Å²) in [6.07, 6.45) is -0.910. The first kappa shape index (κ1) is 24.9. The van der Waals surface area contributed by atoms with E-state index in [1.54, 1.807) is 13.8 Å². The van der Waals surface area contributed by atoms with E-state index in [1.165, 1.54) is 12.5 Å². The monoisotopic (exact) mass is 473 g/mol. The summed E-state index contributed by atoms with van der Waals surface area (Å²) in [5.74, 6) is -2.91. The molecule has 3 rings (SSSR count). The van der Waals surface area contributed by atoms with Crippen LogP contribution in [0, 0.1) is 0 Å². The van der Waals surface area contributed by atoms with E-state index in [2.05, 4.69) is 20.3 Å². The Kier molecular flexibility index (Phi) is 7.51. The molecule has 3 heterocycles. The zero-order valence-corrected chi connectivity index (χ0v) is 17.2. The molecule has 13 nitrogen and oxygen atoms in total. The number of carbonyl (C=O) groups is 2. The van der Waals surface area contributed by atoms with Gasteiger partial charge in [0.1, 0.15) is 31.0 Å². The van der Waals surface area contributed by atoms with E-state index in [1.807, 2.05) is 0 Å². The third-order valence-electron chi connectivity index (χ3n) is 4.20. The molecule has 1 unspecified atom stereocenters. The number of rotatable bonds is 6. The predicted octanol–water partition coefficient (Wildman–Crippen LogP) is -1.92. The van der Waals surface area contributed by atoms with Crippen LogP contribution in [0.5, 0.6) is 0 Å². The van der Waals surface area contributed by atoms with Gasteiger partial charge in [-0.3, -0.25) is 14.1 Å². The van der Waals surface area contributed by atoms with Crippen molar-refractivity contribution in [2.45, 2.75) is 37.8 Å². The molecule has 0 aromatic carbocycles. The first-order valence-electron chi connectivity index (χ1n) is 8.20. The molecule has 2 fully saturated rings. The average Bonchev–Trinajstić information content (AvgIpc) is 3.18. The van der Waals surface area contributed by atoms with Gasteiger partial charge in [0.2, 0.25) is 0 Å². The summed E-state index contributed by atoms with van der Waals surface area (Å²) >= 11 is 1.07. The van der Waals surface area contributed by atoms with Gasteiger partial charge in [-0.1, -0.05) is 5.16 Å². The van der Waals surface area contributed by atoms with Crippen molar-refractivity contribution < 1.29 is 36.9 Å². The normalized spacial score (nSPS) is 26.0. The number of anilines is 1. The number of ether oxygens (including phenoxy) is 2. The Hall–Kier alpha value is -1.33. The third-order valence-corrected chi connectivity index (χ3v) is 5.80. The van der Waals surface area contributed by atoms with Gasteiger partial charge in [0.15, 0.2) is 16.6 Å². The fourth-order valence-electron chi connectivity index (χ4n) is 3.05. The van der Waals surface area contributed by atoms with Crippen LogP contribution in [0.25, 0.3) is 0 Å². The number of aromatic nitrogens is 1. The molecule has 0 aliphatic carbocycles. The number of nitrogens with one attached hydrogen (secondary N) is 1. The molecule has 4 N–H and O–H groups in total. The summed E-state index contributed by atoms with van der Waals surface area (Å²) in [6.45, 7) is 3.16. The number of amides is 2. The molecule has 162 valence electrons. The molecule has 2 aliphatic heterocycles. The minimum atomic E-state index is -4.87. The molecule has 2 amide bonds. The Balaban J connectivity index is 0.00000320. The molecule has 0 radical (unpaired) electrons. The standard InChI is InChI=1S/C14H19N5O8S2.Na.H/c1-14(2)26-4-7(27-14)10-9(12(21)19(10)29(22,23)24)17-11(20)8(18-25-3)6-5-28-13(15)16-6;;/h5,7,9-10H,4H2,1-3H3,(H2,15,16)(H,17,20)(H,22,23,24);;/b18-8-;;/t7?,9-,10+;;/m0../s1. The molecular weight excluding hydrogens is 453 g/mol. The van der Waals surface area contributed by atoms with Crippen molar-refractivity contribution in [2.75, 3.05) is 19.5 Å². The Morgan fingerprint density at radius 2 is 2.20 bits per heavy atom. The van der Waals surface area contributed by atoms with Gasteiger partial charge in [-0.15, -0.1) is 11.3 Å². The van der Waals surface area contributed by atoms with E-state index in [0.717, 1.165) is 11.3 Å². The number of nitrogens with two attached hydrogens (primary N) is 1. The second-order valence-electron chi connectivity index (χ2n) is 6.61. The van der Waals surface area contributed by atoms with Gasteiger partial charge in [-0.2, -0.15) is 8.42 Å². The van der Waals surface area contributed by atoms with Crippen LogP contribution in [-0.2, 0) is 34.2 Å². The molecule has 1 aromatic rings. The Labute approximate surface area is 198 Å². The number of nitrogens with zero attached hydrogens (tertiary/aromatic N) is 3. The summed E-state index contributed by atoms with van der Waals surface area (Å²) in [6, 6.07) is -2.53. The zero-order chi connectivity index (χ0) is 21.6. The van der Waals surface area contributed by atoms with E-state index in [9.17, 15) is 22.6 Å². The van der Waals surface area contributed by atoms with Gasteiger partial charge in [0.25, 0.3) is 11.8 Å². The van der Waals surface area contributed by atoms with Gasteiger partial charge in [0, 0.05) is 5.38 Å². The van der Waals surface area contributed by atoms with Gasteiger partial charge in [-0.05, 0) is 13.8 Å². The van der Waals surface area contributed by atoms with E-state index in [4.69, 9.17) is 15.2 Å². The van der Waals surface area contributed by atoms with Crippen LogP contribution < -0.4 is 11.1 Å². The first-order chi connectivity index (χ1) is 13.4. The van der Waals surface area contributed by atoms with E-state index in [-0.39, 0.29) is 57.0 Å². The van der Waals surface area contributed by atoms with Crippen molar-refractivity contribution in [1.82, 2.24) is 14.6 Å². The minimum absolute atomic E-state index is 0.